The number of halogens is 2. The SMILES string of the molecule is CN(C)C1CN(C(=O)c2ccc(Nc3ncc4c(n3)-c3ccc(Cl)cc3C(C)(c3ccccc3F)NC4)cc2)C1. The highest BCUT2D eigenvalue weighted by Crippen LogP contribution is 2.42. The Bertz CT molecular complexity index is 1590. The molecule has 0 aliphatic carbocycles. The Hall–Kier alpha value is -3.85. The van der Waals surface area contributed by atoms with E-state index >= 15 is 4.39 Å². The lowest BCUT2D eigenvalue weighted by Gasteiger charge is -2.42. The molecule has 204 valence electrons. The molecule has 6 rings (SSSR count). The Morgan fingerprint density at radius 2 is 1.85 bits per heavy atom. The van der Waals surface area contributed by atoms with E-state index in [9.17, 15) is 4.79 Å². The number of anilines is 2. The number of likely N-dealkylation sites (N-methyl/N-ethyl adjacent to an activating group) is 1. The Morgan fingerprint density at radius 1 is 1.10 bits per heavy atom. The average molecular weight is 557 g/mol. The first-order chi connectivity index (χ1) is 19.2. The molecular formula is C31H30ClFN6O. The molecule has 2 N–H and O–H groups in total. The third kappa shape index (κ3) is 4.72. The van der Waals surface area contributed by atoms with Crippen molar-refractivity contribution in [3.8, 4) is 11.3 Å². The molecule has 1 unspecified atom stereocenters. The topological polar surface area (TPSA) is 73.4 Å². The molecule has 0 saturated carbocycles. The van der Waals surface area contributed by atoms with Crippen molar-refractivity contribution in [2.75, 3.05) is 32.5 Å². The summed E-state index contributed by atoms with van der Waals surface area (Å²) in [5.41, 5.74) is 4.43. The number of hydrogen-bond acceptors (Lipinski definition) is 6. The van der Waals surface area contributed by atoms with Crippen molar-refractivity contribution in [3.63, 3.8) is 0 Å². The maximum atomic E-state index is 15.0. The maximum absolute atomic E-state index is 15.0. The summed E-state index contributed by atoms with van der Waals surface area (Å²) in [5.74, 6) is 0.160. The molecule has 1 amide bonds. The van der Waals surface area contributed by atoms with Crippen LogP contribution in [0.3, 0.4) is 0 Å². The van der Waals surface area contributed by atoms with Crippen LogP contribution in [0.4, 0.5) is 16.0 Å². The van der Waals surface area contributed by atoms with Gasteiger partial charge in [0.05, 0.1) is 11.2 Å². The first-order valence-electron chi connectivity index (χ1n) is 13.2. The number of nitrogens with one attached hydrogen (secondary N) is 2. The van der Waals surface area contributed by atoms with Gasteiger partial charge in [0, 0.05) is 64.8 Å². The number of hydrogen-bond donors (Lipinski definition) is 2. The number of amides is 1. The number of benzene rings is 3. The minimum atomic E-state index is -0.842. The molecule has 2 aliphatic heterocycles. The number of fused-ring (bicyclic) bond motifs is 3. The third-order valence-corrected chi connectivity index (χ3v) is 8.19. The van der Waals surface area contributed by atoms with Crippen molar-refractivity contribution in [3.05, 3.63) is 106 Å². The largest absolute Gasteiger partial charge is 0.335 e. The van der Waals surface area contributed by atoms with Crippen LogP contribution in [0.15, 0.2) is 72.9 Å². The molecule has 4 aromatic rings. The summed E-state index contributed by atoms with van der Waals surface area (Å²) in [6.07, 6.45) is 1.78. The summed E-state index contributed by atoms with van der Waals surface area (Å²) in [6, 6.07) is 20.2. The van der Waals surface area contributed by atoms with E-state index in [0.29, 0.717) is 34.7 Å². The van der Waals surface area contributed by atoms with Gasteiger partial charge in [-0.1, -0.05) is 35.9 Å². The molecule has 3 heterocycles. The quantitative estimate of drug-likeness (QED) is 0.341. The van der Waals surface area contributed by atoms with Gasteiger partial charge in [-0.25, -0.2) is 14.4 Å². The zero-order chi connectivity index (χ0) is 28.0. The lowest BCUT2D eigenvalue weighted by atomic mass is 9.81. The van der Waals surface area contributed by atoms with Gasteiger partial charge in [-0.3, -0.25) is 10.1 Å². The molecule has 7 nitrogen and oxygen atoms in total. The molecule has 0 bridgehead atoms. The Balaban J connectivity index is 1.28. The molecule has 1 atom stereocenters. The Morgan fingerprint density at radius 3 is 2.58 bits per heavy atom. The molecular weight excluding hydrogens is 527 g/mol. The summed E-state index contributed by atoms with van der Waals surface area (Å²) < 4.78 is 15.0. The van der Waals surface area contributed by atoms with Crippen LogP contribution in [0.5, 0.6) is 0 Å². The number of carbonyl (C=O) groups is 1. The average Bonchev–Trinajstić information content (AvgIpc) is 3.03. The van der Waals surface area contributed by atoms with Gasteiger partial charge in [0.1, 0.15) is 5.82 Å². The zero-order valence-corrected chi connectivity index (χ0v) is 23.3. The second-order valence-electron chi connectivity index (χ2n) is 10.7. The Kier molecular flexibility index (Phi) is 6.78. The molecule has 2 aliphatic rings. The van der Waals surface area contributed by atoms with E-state index in [1.807, 2.05) is 74.4 Å². The molecule has 1 saturated heterocycles. The van der Waals surface area contributed by atoms with E-state index in [1.165, 1.54) is 6.07 Å². The van der Waals surface area contributed by atoms with Crippen molar-refractivity contribution in [1.82, 2.24) is 25.1 Å². The fourth-order valence-electron chi connectivity index (χ4n) is 5.40. The highest BCUT2D eigenvalue weighted by Gasteiger charge is 2.37. The molecule has 1 fully saturated rings. The van der Waals surface area contributed by atoms with Crippen LogP contribution in [0.2, 0.25) is 5.02 Å². The first kappa shape index (κ1) is 26.4. The van der Waals surface area contributed by atoms with Gasteiger partial charge in [0.25, 0.3) is 5.91 Å². The second kappa shape index (κ2) is 10.3. The smallest absolute Gasteiger partial charge is 0.253 e. The van der Waals surface area contributed by atoms with Crippen LogP contribution in [0.1, 0.15) is 34.0 Å². The van der Waals surface area contributed by atoms with Crippen LogP contribution in [0, 0.1) is 5.82 Å². The van der Waals surface area contributed by atoms with Crippen molar-refractivity contribution in [2.24, 2.45) is 0 Å². The lowest BCUT2D eigenvalue weighted by Crippen LogP contribution is -2.59. The van der Waals surface area contributed by atoms with Crippen molar-refractivity contribution in [2.45, 2.75) is 25.0 Å². The normalized spacial score (nSPS) is 18.5. The molecule has 1 aromatic heterocycles. The van der Waals surface area contributed by atoms with Crippen molar-refractivity contribution >= 4 is 29.1 Å². The van der Waals surface area contributed by atoms with Gasteiger partial charge in [0.2, 0.25) is 5.95 Å². The van der Waals surface area contributed by atoms with E-state index in [2.05, 4.69) is 20.5 Å². The fraction of sp³-hybridized carbons (Fsp3) is 0.258. The first-order valence-corrected chi connectivity index (χ1v) is 13.6. The van der Waals surface area contributed by atoms with Crippen LogP contribution >= 0.6 is 11.6 Å². The van der Waals surface area contributed by atoms with Gasteiger partial charge in [-0.15, -0.1) is 0 Å². The summed E-state index contributed by atoms with van der Waals surface area (Å²) in [4.78, 5) is 26.2. The molecule has 0 radical (unpaired) electrons. The van der Waals surface area contributed by atoms with Crippen LogP contribution in [-0.4, -0.2) is 58.9 Å². The monoisotopic (exact) mass is 556 g/mol. The van der Waals surface area contributed by atoms with Crippen molar-refractivity contribution < 1.29 is 9.18 Å². The summed E-state index contributed by atoms with van der Waals surface area (Å²) in [6.45, 7) is 3.88. The van der Waals surface area contributed by atoms with E-state index in [4.69, 9.17) is 16.6 Å². The third-order valence-electron chi connectivity index (χ3n) is 7.95. The summed E-state index contributed by atoms with van der Waals surface area (Å²) in [5, 5.41) is 7.35. The maximum Gasteiger partial charge on any atom is 0.253 e. The molecule has 0 spiro atoms. The van der Waals surface area contributed by atoms with Crippen LogP contribution in [-0.2, 0) is 12.1 Å². The highest BCUT2D eigenvalue weighted by molar-refractivity contribution is 6.30. The van der Waals surface area contributed by atoms with E-state index in [-0.39, 0.29) is 11.7 Å². The number of rotatable bonds is 5. The van der Waals surface area contributed by atoms with Gasteiger partial charge < -0.3 is 15.1 Å². The molecule has 9 heteroatoms. The predicted octanol–water partition coefficient (Wildman–Crippen LogP) is 5.43. The van der Waals surface area contributed by atoms with E-state index in [1.54, 1.807) is 18.3 Å². The number of nitrogens with zero attached hydrogens (tertiary/aromatic N) is 4. The Labute approximate surface area is 238 Å². The van der Waals surface area contributed by atoms with Gasteiger partial charge in [-0.05, 0) is 69.0 Å². The van der Waals surface area contributed by atoms with Crippen molar-refractivity contribution in [1.29, 1.82) is 0 Å². The number of likely N-dealkylation sites (tertiary alicyclic amines) is 1. The predicted molar refractivity (Wildman–Crippen MR) is 155 cm³/mol. The second-order valence-corrected chi connectivity index (χ2v) is 11.2. The number of aromatic nitrogens is 2. The molecule has 40 heavy (non-hydrogen) atoms. The highest BCUT2D eigenvalue weighted by atomic mass is 35.5. The lowest BCUT2D eigenvalue weighted by molar-refractivity contribution is 0.0399. The molecule has 3 aromatic carbocycles. The van der Waals surface area contributed by atoms with E-state index < -0.39 is 5.54 Å². The zero-order valence-electron chi connectivity index (χ0n) is 22.6. The standard InChI is InChI=1S/C31H30ClFN6O/c1-31(25-6-4-5-7-27(25)33)26-14-21(32)10-13-24(26)28-20(16-35-31)15-34-30(37-28)36-22-11-8-19(9-12-22)29(40)39-17-23(18-39)38(2)3/h4-15,23,35H,16-18H2,1-3H3,(H,34,36,37). The van der Waals surface area contributed by atoms with E-state index in [0.717, 1.165) is 41.2 Å². The fourth-order valence-corrected chi connectivity index (χ4v) is 5.57. The van der Waals surface area contributed by atoms with Crippen LogP contribution < -0.4 is 10.6 Å². The van der Waals surface area contributed by atoms with Gasteiger partial charge >= 0.3 is 0 Å². The summed E-state index contributed by atoms with van der Waals surface area (Å²) in [7, 11) is 4.06. The number of carbonyl (C=O) groups excluding carboxylic acids is 1. The van der Waals surface area contributed by atoms with Crippen LogP contribution in [0.25, 0.3) is 11.3 Å². The minimum absolute atomic E-state index is 0.0339. The van der Waals surface area contributed by atoms with Gasteiger partial charge in [0.15, 0.2) is 0 Å². The van der Waals surface area contributed by atoms with Gasteiger partial charge in [-0.2, -0.15) is 0 Å². The summed E-state index contributed by atoms with van der Waals surface area (Å²) >= 11 is 6.44. The minimum Gasteiger partial charge on any atom is -0.335 e.